The topological polar surface area (TPSA) is 63.4 Å². The van der Waals surface area contributed by atoms with Gasteiger partial charge in [-0.15, -0.1) is 0 Å². The average Bonchev–Trinajstić information content (AvgIpc) is 2.67. The van der Waals surface area contributed by atoms with Gasteiger partial charge in [-0.1, -0.05) is 42.5 Å². The quantitative estimate of drug-likeness (QED) is 0.929. The first kappa shape index (κ1) is 16.7. The molecule has 2 aromatic rings. The van der Waals surface area contributed by atoms with Gasteiger partial charge in [0.25, 0.3) is 0 Å². The van der Waals surface area contributed by atoms with Crippen molar-refractivity contribution in [3.05, 3.63) is 77.2 Å². The summed E-state index contributed by atoms with van der Waals surface area (Å²) in [6.45, 7) is 3.78. The monoisotopic (exact) mass is 346 g/mol. The van der Waals surface area contributed by atoms with Gasteiger partial charge in [0, 0.05) is 6.54 Å². The molecule has 0 atom stereocenters. The Balaban J connectivity index is 2.08. The van der Waals surface area contributed by atoms with E-state index in [1.165, 1.54) is 28.6 Å². The molecule has 1 aliphatic heterocycles. The van der Waals surface area contributed by atoms with Crippen LogP contribution in [-0.2, 0) is 16.6 Å². The molecular weight excluding hydrogens is 327 g/mol. The van der Waals surface area contributed by atoms with E-state index in [4.69, 9.17) is 5.73 Å². The molecule has 0 radical (unpaired) electrons. The summed E-state index contributed by atoms with van der Waals surface area (Å²) in [6.07, 6.45) is 0. The Morgan fingerprint density at radius 3 is 2.21 bits per heavy atom. The third-order valence-electron chi connectivity index (χ3n) is 4.35. The van der Waals surface area contributed by atoms with Crippen molar-refractivity contribution in [1.82, 2.24) is 4.31 Å². The molecule has 0 aliphatic carbocycles. The molecule has 0 unspecified atom stereocenters. The second kappa shape index (κ2) is 5.72. The highest BCUT2D eigenvalue weighted by Crippen LogP contribution is 2.43. The largest absolute Gasteiger partial charge is 0.399 e. The van der Waals surface area contributed by atoms with Gasteiger partial charge in [-0.05, 0) is 37.1 Å². The van der Waals surface area contributed by atoms with Gasteiger partial charge in [0.15, 0.2) is 0 Å². The number of hydrogen-bond acceptors (Lipinski definition) is 3. The zero-order valence-electron chi connectivity index (χ0n) is 13.5. The maximum atomic E-state index is 13.2. The van der Waals surface area contributed by atoms with E-state index in [0.717, 1.165) is 5.56 Å². The first-order valence-corrected chi connectivity index (χ1v) is 9.01. The molecule has 2 N–H and O–H groups in total. The second-order valence-electron chi connectivity index (χ2n) is 6.31. The molecule has 1 aliphatic rings. The Bertz CT molecular complexity index is 888. The normalized spacial score (nSPS) is 19.6. The summed E-state index contributed by atoms with van der Waals surface area (Å²) in [6, 6.07) is 14.7. The maximum Gasteiger partial charge on any atom is 0.246 e. The lowest BCUT2D eigenvalue weighted by Gasteiger charge is -2.31. The van der Waals surface area contributed by atoms with E-state index < -0.39 is 21.4 Å². The van der Waals surface area contributed by atoms with Crippen LogP contribution >= 0.6 is 0 Å². The van der Waals surface area contributed by atoms with Gasteiger partial charge in [0.2, 0.25) is 10.0 Å². The van der Waals surface area contributed by atoms with Gasteiger partial charge in [0.1, 0.15) is 10.7 Å². The van der Waals surface area contributed by atoms with E-state index in [0.29, 0.717) is 5.56 Å². The van der Waals surface area contributed by atoms with Crippen LogP contribution in [-0.4, -0.2) is 18.3 Å². The smallest absolute Gasteiger partial charge is 0.246 e. The first-order valence-electron chi connectivity index (χ1n) is 7.57. The Morgan fingerprint density at radius 2 is 1.62 bits per heavy atom. The number of hydrogen-bond donors (Lipinski definition) is 1. The molecular formula is C18H19FN2O2S. The van der Waals surface area contributed by atoms with Crippen molar-refractivity contribution in [2.45, 2.75) is 25.9 Å². The highest BCUT2D eigenvalue weighted by atomic mass is 32.2. The van der Waals surface area contributed by atoms with Crippen LogP contribution in [0.5, 0.6) is 0 Å². The van der Waals surface area contributed by atoms with Crippen LogP contribution in [0.4, 0.5) is 4.39 Å². The van der Waals surface area contributed by atoms with Crippen LogP contribution in [0.25, 0.3) is 4.91 Å². The lowest BCUT2D eigenvalue weighted by atomic mass is 9.98. The Kier molecular flexibility index (Phi) is 3.97. The lowest BCUT2D eigenvalue weighted by Crippen LogP contribution is -2.44. The highest BCUT2D eigenvalue weighted by Gasteiger charge is 2.49. The summed E-state index contributed by atoms with van der Waals surface area (Å²) >= 11 is 0. The fourth-order valence-electron chi connectivity index (χ4n) is 2.90. The maximum absolute atomic E-state index is 13.2. The van der Waals surface area contributed by atoms with Gasteiger partial charge in [-0.25, -0.2) is 12.8 Å². The summed E-state index contributed by atoms with van der Waals surface area (Å²) in [7, 11) is -3.78. The lowest BCUT2D eigenvalue weighted by molar-refractivity contribution is 0.272. The number of nitrogens with zero attached hydrogens (tertiary/aromatic N) is 1. The van der Waals surface area contributed by atoms with Crippen LogP contribution in [0.2, 0.25) is 0 Å². The molecule has 0 saturated carbocycles. The van der Waals surface area contributed by atoms with Crippen molar-refractivity contribution in [3.8, 4) is 0 Å². The van der Waals surface area contributed by atoms with Crippen molar-refractivity contribution < 1.29 is 12.8 Å². The molecule has 0 spiro atoms. The molecule has 126 valence electrons. The SMILES string of the molecule is CC1(C)C(N)=C(c2ccc(F)cc2)S(=O)(=O)N1Cc1ccccc1. The van der Waals surface area contributed by atoms with Crippen LogP contribution in [0, 0.1) is 5.82 Å². The fraction of sp³-hybridized carbons (Fsp3) is 0.222. The minimum Gasteiger partial charge on any atom is -0.399 e. The standard InChI is InChI=1S/C18H19FN2O2S/c1-18(2)17(20)16(14-8-10-15(19)11-9-14)24(22,23)21(18)12-13-6-4-3-5-7-13/h3-11H,12,20H2,1-2H3. The predicted molar refractivity (Wildman–Crippen MR) is 92.5 cm³/mol. The Hall–Kier alpha value is -2.18. The van der Waals surface area contributed by atoms with Crippen molar-refractivity contribution in [2.75, 3.05) is 0 Å². The number of halogens is 1. The number of benzene rings is 2. The summed E-state index contributed by atoms with van der Waals surface area (Å²) < 4.78 is 40.8. The molecule has 0 fully saturated rings. The minimum absolute atomic E-state index is 0.0587. The van der Waals surface area contributed by atoms with Gasteiger partial charge in [0.05, 0.1) is 11.2 Å². The van der Waals surface area contributed by atoms with Crippen LogP contribution in [0.3, 0.4) is 0 Å². The molecule has 1 heterocycles. The highest BCUT2D eigenvalue weighted by molar-refractivity contribution is 7.98. The Labute approximate surface area is 141 Å². The van der Waals surface area contributed by atoms with Crippen LogP contribution in [0.1, 0.15) is 25.0 Å². The van der Waals surface area contributed by atoms with E-state index in [-0.39, 0.29) is 17.1 Å². The molecule has 0 saturated heterocycles. The van der Waals surface area contributed by atoms with E-state index >= 15 is 0 Å². The van der Waals surface area contributed by atoms with Gasteiger partial charge in [-0.3, -0.25) is 0 Å². The number of rotatable bonds is 3. The molecule has 3 rings (SSSR count). The minimum atomic E-state index is -3.78. The molecule has 4 nitrogen and oxygen atoms in total. The van der Waals surface area contributed by atoms with Crippen LogP contribution < -0.4 is 5.73 Å². The molecule has 24 heavy (non-hydrogen) atoms. The van der Waals surface area contributed by atoms with Crippen molar-refractivity contribution >= 4 is 14.9 Å². The molecule has 0 bridgehead atoms. The third-order valence-corrected chi connectivity index (χ3v) is 6.49. The predicted octanol–water partition coefficient (Wildman–Crippen LogP) is 3.08. The zero-order chi connectivity index (χ0) is 17.5. The number of nitrogens with two attached hydrogens (primary N) is 1. The average molecular weight is 346 g/mol. The van der Waals surface area contributed by atoms with Crippen molar-refractivity contribution in [2.24, 2.45) is 5.73 Å². The molecule has 6 heteroatoms. The molecule has 2 aromatic carbocycles. The van der Waals surface area contributed by atoms with E-state index in [2.05, 4.69) is 0 Å². The van der Waals surface area contributed by atoms with Crippen LogP contribution in [0.15, 0.2) is 60.3 Å². The molecule has 0 amide bonds. The zero-order valence-corrected chi connectivity index (χ0v) is 14.3. The van der Waals surface area contributed by atoms with Gasteiger partial charge >= 0.3 is 0 Å². The first-order chi connectivity index (χ1) is 11.2. The van der Waals surface area contributed by atoms with Gasteiger partial charge < -0.3 is 5.73 Å². The van der Waals surface area contributed by atoms with E-state index in [1.807, 2.05) is 30.3 Å². The molecule has 0 aromatic heterocycles. The van der Waals surface area contributed by atoms with E-state index in [1.54, 1.807) is 13.8 Å². The number of sulfonamides is 1. The summed E-state index contributed by atoms with van der Waals surface area (Å²) in [5.74, 6) is -0.422. The fourth-order valence-corrected chi connectivity index (χ4v) is 5.10. The van der Waals surface area contributed by atoms with Gasteiger partial charge in [-0.2, -0.15) is 4.31 Å². The second-order valence-corrected chi connectivity index (χ2v) is 8.11. The third kappa shape index (κ3) is 2.61. The van der Waals surface area contributed by atoms with E-state index in [9.17, 15) is 12.8 Å². The van der Waals surface area contributed by atoms with Crippen molar-refractivity contribution in [1.29, 1.82) is 0 Å². The summed E-state index contributed by atoms with van der Waals surface area (Å²) in [4.78, 5) is 0.0587. The summed E-state index contributed by atoms with van der Waals surface area (Å²) in [5, 5.41) is 0. The summed E-state index contributed by atoms with van der Waals surface area (Å²) in [5.41, 5.74) is 6.90. The Morgan fingerprint density at radius 1 is 1.04 bits per heavy atom. The van der Waals surface area contributed by atoms with Crippen molar-refractivity contribution in [3.63, 3.8) is 0 Å².